The van der Waals surface area contributed by atoms with E-state index in [1.54, 1.807) is 0 Å². The largest absolute Gasteiger partial charge is 0.308 e. The fourth-order valence-electron chi connectivity index (χ4n) is 3.78. The SMILES string of the molecule is CCC(C)(CC)N1CC2(CCCC2)NCC1C. The van der Waals surface area contributed by atoms with E-state index in [1.807, 2.05) is 0 Å². The van der Waals surface area contributed by atoms with Gasteiger partial charge in [0.1, 0.15) is 0 Å². The highest BCUT2D eigenvalue weighted by atomic mass is 15.3. The second kappa shape index (κ2) is 4.89. The van der Waals surface area contributed by atoms with Gasteiger partial charge in [0.15, 0.2) is 0 Å². The molecule has 1 N–H and O–H groups in total. The first-order chi connectivity index (χ1) is 8.05. The molecule has 0 aromatic heterocycles. The van der Waals surface area contributed by atoms with Crippen molar-refractivity contribution in [2.75, 3.05) is 13.1 Å². The molecule has 1 heterocycles. The van der Waals surface area contributed by atoms with Gasteiger partial charge in [0.2, 0.25) is 0 Å². The molecule has 1 atom stereocenters. The maximum atomic E-state index is 3.85. The molecule has 0 radical (unpaired) electrons. The lowest BCUT2D eigenvalue weighted by atomic mass is 9.85. The maximum absolute atomic E-state index is 3.85. The van der Waals surface area contributed by atoms with E-state index in [2.05, 4.69) is 37.9 Å². The second-order valence-electron chi connectivity index (χ2n) is 6.55. The van der Waals surface area contributed by atoms with Crippen LogP contribution in [-0.4, -0.2) is 35.1 Å². The Hall–Kier alpha value is -0.0800. The molecule has 100 valence electrons. The van der Waals surface area contributed by atoms with Crippen molar-refractivity contribution in [3.05, 3.63) is 0 Å². The van der Waals surface area contributed by atoms with Crippen molar-refractivity contribution in [1.82, 2.24) is 10.2 Å². The quantitative estimate of drug-likeness (QED) is 0.812. The Morgan fingerprint density at radius 3 is 2.35 bits per heavy atom. The van der Waals surface area contributed by atoms with E-state index in [0.717, 1.165) is 0 Å². The zero-order valence-electron chi connectivity index (χ0n) is 12.2. The van der Waals surface area contributed by atoms with Gasteiger partial charge in [-0.2, -0.15) is 0 Å². The summed E-state index contributed by atoms with van der Waals surface area (Å²) in [6.45, 7) is 12.0. The first-order valence-corrected chi connectivity index (χ1v) is 7.57. The summed E-state index contributed by atoms with van der Waals surface area (Å²) in [6, 6.07) is 0.686. The molecule has 1 aliphatic heterocycles. The molecular formula is C15H30N2. The average Bonchev–Trinajstić information content (AvgIpc) is 2.80. The molecule has 2 fully saturated rings. The van der Waals surface area contributed by atoms with Gasteiger partial charge in [-0.25, -0.2) is 0 Å². The fraction of sp³-hybridized carbons (Fsp3) is 1.00. The third-order valence-corrected chi connectivity index (χ3v) is 5.55. The van der Waals surface area contributed by atoms with Crippen molar-refractivity contribution in [2.24, 2.45) is 0 Å². The predicted octanol–water partition coefficient (Wildman–Crippen LogP) is 3.17. The van der Waals surface area contributed by atoms with E-state index >= 15 is 0 Å². The summed E-state index contributed by atoms with van der Waals surface area (Å²) in [6.07, 6.45) is 8.15. The van der Waals surface area contributed by atoms with Crippen molar-refractivity contribution in [1.29, 1.82) is 0 Å². The molecule has 0 aromatic carbocycles. The summed E-state index contributed by atoms with van der Waals surface area (Å²) in [4.78, 5) is 2.80. The van der Waals surface area contributed by atoms with Gasteiger partial charge in [0.25, 0.3) is 0 Å². The Morgan fingerprint density at radius 1 is 1.24 bits per heavy atom. The topological polar surface area (TPSA) is 15.3 Å². The number of nitrogens with one attached hydrogen (secondary N) is 1. The van der Waals surface area contributed by atoms with Crippen LogP contribution in [0.25, 0.3) is 0 Å². The van der Waals surface area contributed by atoms with Crippen LogP contribution in [0.3, 0.4) is 0 Å². The van der Waals surface area contributed by atoms with Crippen LogP contribution < -0.4 is 5.32 Å². The minimum absolute atomic E-state index is 0.400. The monoisotopic (exact) mass is 238 g/mol. The molecule has 17 heavy (non-hydrogen) atoms. The van der Waals surface area contributed by atoms with Gasteiger partial charge in [0, 0.05) is 30.2 Å². The smallest absolute Gasteiger partial charge is 0.0309 e. The van der Waals surface area contributed by atoms with Gasteiger partial charge >= 0.3 is 0 Å². The van der Waals surface area contributed by atoms with Gasteiger partial charge in [-0.3, -0.25) is 4.90 Å². The lowest BCUT2D eigenvalue weighted by molar-refractivity contribution is -0.00562. The first kappa shape index (κ1) is 13.4. The molecule has 0 bridgehead atoms. The van der Waals surface area contributed by atoms with Crippen molar-refractivity contribution in [3.63, 3.8) is 0 Å². The Kier molecular flexibility index (Phi) is 3.84. The van der Waals surface area contributed by atoms with Crippen LogP contribution in [-0.2, 0) is 0 Å². The molecule has 1 spiro atoms. The van der Waals surface area contributed by atoms with Crippen molar-refractivity contribution in [2.45, 2.75) is 83.3 Å². The van der Waals surface area contributed by atoms with Gasteiger partial charge in [-0.1, -0.05) is 26.7 Å². The second-order valence-corrected chi connectivity index (χ2v) is 6.55. The molecule has 2 nitrogen and oxygen atoms in total. The molecular weight excluding hydrogens is 208 g/mol. The third kappa shape index (κ3) is 2.39. The maximum Gasteiger partial charge on any atom is 0.0309 e. The molecule has 1 saturated heterocycles. The van der Waals surface area contributed by atoms with E-state index < -0.39 is 0 Å². The Morgan fingerprint density at radius 2 is 1.82 bits per heavy atom. The highest BCUT2D eigenvalue weighted by Gasteiger charge is 2.44. The number of rotatable bonds is 3. The van der Waals surface area contributed by atoms with Crippen molar-refractivity contribution in [3.8, 4) is 0 Å². The van der Waals surface area contributed by atoms with E-state index in [4.69, 9.17) is 0 Å². The number of hydrogen-bond donors (Lipinski definition) is 1. The van der Waals surface area contributed by atoms with Crippen LogP contribution >= 0.6 is 0 Å². The molecule has 2 rings (SSSR count). The van der Waals surface area contributed by atoms with Gasteiger partial charge in [-0.15, -0.1) is 0 Å². The zero-order valence-corrected chi connectivity index (χ0v) is 12.2. The number of hydrogen-bond acceptors (Lipinski definition) is 2. The molecule has 0 aromatic rings. The minimum atomic E-state index is 0.400. The van der Waals surface area contributed by atoms with E-state index in [0.29, 0.717) is 17.1 Å². The number of nitrogens with zero attached hydrogens (tertiary/aromatic N) is 1. The number of piperazine rings is 1. The van der Waals surface area contributed by atoms with Crippen LogP contribution in [0.4, 0.5) is 0 Å². The summed E-state index contributed by atoms with van der Waals surface area (Å²) < 4.78 is 0. The van der Waals surface area contributed by atoms with Crippen LogP contribution in [0.15, 0.2) is 0 Å². The standard InChI is InChI=1S/C15H30N2/c1-5-14(4,6-2)17-12-15(9-7-8-10-15)16-11-13(17)3/h13,16H,5-12H2,1-4H3. The van der Waals surface area contributed by atoms with Crippen LogP contribution in [0.1, 0.15) is 66.2 Å². The zero-order chi connectivity index (χ0) is 12.5. The highest BCUT2D eigenvalue weighted by molar-refractivity contribution is 5.03. The van der Waals surface area contributed by atoms with E-state index in [9.17, 15) is 0 Å². The molecule has 2 heteroatoms. The summed E-state index contributed by atoms with van der Waals surface area (Å²) >= 11 is 0. The fourth-order valence-corrected chi connectivity index (χ4v) is 3.78. The lowest BCUT2D eigenvalue weighted by Crippen LogP contribution is -2.67. The lowest BCUT2D eigenvalue weighted by Gasteiger charge is -2.53. The first-order valence-electron chi connectivity index (χ1n) is 7.57. The summed E-state index contributed by atoms with van der Waals surface area (Å²) in [5.74, 6) is 0. The molecule has 2 aliphatic rings. The predicted molar refractivity (Wildman–Crippen MR) is 74.4 cm³/mol. The van der Waals surface area contributed by atoms with E-state index in [1.165, 1.54) is 51.6 Å². The Balaban J connectivity index is 2.14. The van der Waals surface area contributed by atoms with Gasteiger partial charge < -0.3 is 5.32 Å². The summed E-state index contributed by atoms with van der Waals surface area (Å²) in [5, 5.41) is 3.85. The molecule has 1 saturated carbocycles. The normalized spacial score (nSPS) is 30.0. The third-order valence-electron chi connectivity index (χ3n) is 5.55. The molecule has 1 aliphatic carbocycles. The summed E-state index contributed by atoms with van der Waals surface area (Å²) in [5.41, 5.74) is 0.856. The van der Waals surface area contributed by atoms with Crippen LogP contribution in [0.2, 0.25) is 0 Å². The van der Waals surface area contributed by atoms with Gasteiger partial charge in [-0.05, 0) is 39.5 Å². The van der Waals surface area contributed by atoms with Crippen LogP contribution in [0, 0.1) is 0 Å². The molecule has 0 amide bonds. The van der Waals surface area contributed by atoms with E-state index in [-0.39, 0.29) is 0 Å². The van der Waals surface area contributed by atoms with Crippen molar-refractivity contribution < 1.29 is 0 Å². The molecule has 1 unspecified atom stereocenters. The Bertz CT molecular complexity index is 252. The average molecular weight is 238 g/mol. The van der Waals surface area contributed by atoms with Crippen LogP contribution in [0.5, 0.6) is 0 Å². The minimum Gasteiger partial charge on any atom is -0.308 e. The van der Waals surface area contributed by atoms with Gasteiger partial charge in [0.05, 0.1) is 0 Å². The summed E-state index contributed by atoms with van der Waals surface area (Å²) in [7, 11) is 0. The Labute approximate surface area is 107 Å². The van der Waals surface area contributed by atoms with Crippen molar-refractivity contribution >= 4 is 0 Å². The highest BCUT2D eigenvalue weighted by Crippen LogP contribution is 2.37.